The van der Waals surface area contributed by atoms with Crippen molar-refractivity contribution in [2.75, 3.05) is 6.54 Å². The number of nitrogens with one attached hydrogen (secondary N) is 2. The van der Waals surface area contributed by atoms with Crippen molar-refractivity contribution >= 4 is 27.7 Å². The third-order valence-electron chi connectivity index (χ3n) is 2.95. The zero-order valence-corrected chi connectivity index (χ0v) is 13.2. The largest absolute Gasteiger partial charge is 0.350 e. The Morgan fingerprint density at radius 3 is 2.36 bits per heavy atom. The number of rotatable bonds is 5. The Morgan fingerprint density at radius 2 is 1.68 bits per heavy atom. The Bertz CT molecular complexity index is 674. The average Bonchev–Trinajstić information content (AvgIpc) is 2.52. The highest BCUT2D eigenvalue weighted by Gasteiger charge is 2.08. The van der Waals surface area contributed by atoms with Crippen LogP contribution >= 0.6 is 15.9 Å². The van der Waals surface area contributed by atoms with E-state index >= 15 is 0 Å². The smallest absolute Gasteiger partial charge is 0.251 e. The quantitative estimate of drug-likeness (QED) is 0.856. The van der Waals surface area contributed by atoms with Crippen LogP contribution < -0.4 is 10.6 Å². The summed E-state index contributed by atoms with van der Waals surface area (Å²) in [4.78, 5) is 23.5. The van der Waals surface area contributed by atoms with Crippen molar-refractivity contribution < 1.29 is 14.0 Å². The molecule has 2 N–H and O–H groups in total. The van der Waals surface area contributed by atoms with Crippen LogP contribution in [0.25, 0.3) is 0 Å². The Labute approximate surface area is 135 Å². The average molecular weight is 365 g/mol. The third kappa shape index (κ3) is 4.66. The van der Waals surface area contributed by atoms with Crippen LogP contribution in [0.15, 0.2) is 53.0 Å². The maximum atomic E-state index is 13.4. The van der Waals surface area contributed by atoms with Crippen molar-refractivity contribution in [3.8, 4) is 0 Å². The number of hydrogen-bond acceptors (Lipinski definition) is 2. The summed E-state index contributed by atoms with van der Waals surface area (Å²) in [5.41, 5.74) is 0.861. The second-order valence-electron chi connectivity index (χ2n) is 4.56. The molecule has 0 atom stereocenters. The van der Waals surface area contributed by atoms with Gasteiger partial charge in [0.1, 0.15) is 5.82 Å². The van der Waals surface area contributed by atoms with E-state index in [1.807, 2.05) is 0 Å². The molecule has 22 heavy (non-hydrogen) atoms. The molecule has 0 unspecified atom stereocenters. The van der Waals surface area contributed by atoms with Crippen LogP contribution in [0.3, 0.4) is 0 Å². The minimum atomic E-state index is -0.381. The number of halogens is 2. The fourth-order valence-electron chi connectivity index (χ4n) is 1.76. The van der Waals surface area contributed by atoms with Gasteiger partial charge in [0.25, 0.3) is 5.91 Å². The van der Waals surface area contributed by atoms with Crippen LogP contribution in [0.1, 0.15) is 15.9 Å². The molecule has 0 aliphatic carbocycles. The lowest BCUT2D eigenvalue weighted by molar-refractivity contribution is -0.120. The number of carbonyl (C=O) groups is 2. The first-order valence-corrected chi connectivity index (χ1v) is 7.39. The molecule has 0 saturated carbocycles. The van der Waals surface area contributed by atoms with E-state index in [9.17, 15) is 14.0 Å². The molecule has 4 nitrogen and oxygen atoms in total. The van der Waals surface area contributed by atoms with Crippen LogP contribution in [0.4, 0.5) is 4.39 Å². The second kappa shape index (κ2) is 7.70. The Kier molecular flexibility index (Phi) is 5.66. The molecule has 0 fully saturated rings. The van der Waals surface area contributed by atoms with Crippen molar-refractivity contribution in [3.05, 3.63) is 69.9 Å². The van der Waals surface area contributed by atoms with Crippen molar-refractivity contribution in [2.45, 2.75) is 6.54 Å². The first-order chi connectivity index (χ1) is 10.6. The molecule has 114 valence electrons. The number of hydrogen-bond donors (Lipinski definition) is 2. The molecule has 2 aromatic carbocycles. The molecule has 2 rings (SSSR count). The van der Waals surface area contributed by atoms with Crippen LogP contribution in [-0.4, -0.2) is 18.4 Å². The van der Waals surface area contributed by atoms with E-state index in [0.717, 1.165) is 4.47 Å². The molecule has 2 amide bonds. The van der Waals surface area contributed by atoms with Gasteiger partial charge in [0.2, 0.25) is 5.91 Å². The van der Waals surface area contributed by atoms with Crippen LogP contribution in [-0.2, 0) is 11.3 Å². The van der Waals surface area contributed by atoms with E-state index in [4.69, 9.17) is 0 Å². The number of benzene rings is 2. The van der Waals surface area contributed by atoms with Gasteiger partial charge < -0.3 is 10.6 Å². The highest BCUT2D eigenvalue weighted by molar-refractivity contribution is 9.10. The lowest BCUT2D eigenvalue weighted by atomic mass is 10.2. The van der Waals surface area contributed by atoms with Gasteiger partial charge in [-0.1, -0.05) is 34.1 Å². The number of amides is 2. The van der Waals surface area contributed by atoms with Crippen molar-refractivity contribution in [1.82, 2.24) is 10.6 Å². The summed E-state index contributed by atoms with van der Waals surface area (Å²) < 4.78 is 14.3. The molecule has 6 heteroatoms. The van der Waals surface area contributed by atoms with E-state index < -0.39 is 0 Å². The first-order valence-electron chi connectivity index (χ1n) is 6.60. The lowest BCUT2D eigenvalue weighted by Crippen LogP contribution is -2.36. The highest BCUT2D eigenvalue weighted by Crippen LogP contribution is 2.10. The minimum Gasteiger partial charge on any atom is -0.350 e. The van der Waals surface area contributed by atoms with E-state index in [-0.39, 0.29) is 30.7 Å². The van der Waals surface area contributed by atoms with E-state index in [0.29, 0.717) is 11.1 Å². The molecule has 0 aliphatic heterocycles. The van der Waals surface area contributed by atoms with Gasteiger partial charge in [-0.15, -0.1) is 0 Å². The Balaban J connectivity index is 1.79. The molecule has 2 aromatic rings. The zero-order chi connectivity index (χ0) is 15.9. The van der Waals surface area contributed by atoms with Crippen molar-refractivity contribution in [3.63, 3.8) is 0 Å². The van der Waals surface area contributed by atoms with Crippen molar-refractivity contribution in [1.29, 1.82) is 0 Å². The van der Waals surface area contributed by atoms with E-state index in [1.54, 1.807) is 42.5 Å². The van der Waals surface area contributed by atoms with Gasteiger partial charge in [0, 0.05) is 22.1 Å². The first kappa shape index (κ1) is 16.2. The summed E-state index contributed by atoms with van der Waals surface area (Å²) in [6, 6.07) is 13.0. The summed E-state index contributed by atoms with van der Waals surface area (Å²) in [5, 5.41) is 5.06. The molecule has 0 spiro atoms. The minimum absolute atomic E-state index is 0.0830. The third-order valence-corrected chi connectivity index (χ3v) is 3.48. The van der Waals surface area contributed by atoms with E-state index in [2.05, 4.69) is 26.6 Å². The fraction of sp³-hybridized carbons (Fsp3) is 0.125. The molecule has 0 radical (unpaired) electrons. The second-order valence-corrected chi connectivity index (χ2v) is 5.47. The maximum absolute atomic E-state index is 13.4. The van der Waals surface area contributed by atoms with Gasteiger partial charge in [-0.05, 0) is 30.3 Å². The number of carbonyl (C=O) groups excluding carboxylic acids is 2. The fourth-order valence-corrected chi connectivity index (χ4v) is 2.03. The SMILES string of the molecule is O=C(CNC(=O)c1ccc(Br)cc1)NCc1ccccc1F. The summed E-state index contributed by atoms with van der Waals surface area (Å²) in [6.45, 7) is -0.0803. The normalized spacial score (nSPS) is 10.1. The predicted molar refractivity (Wildman–Crippen MR) is 84.7 cm³/mol. The summed E-state index contributed by atoms with van der Waals surface area (Å²) in [6.07, 6.45) is 0. The van der Waals surface area contributed by atoms with Gasteiger partial charge in [-0.3, -0.25) is 9.59 Å². The summed E-state index contributed by atoms with van der Waals surface area (Å²) in [7, 11) is 0. The monoisotopic (exact) mass is 364 g/mol. The molecular formula is C16H14BrFN2O2. The molecular weight excluding hydrogens is 351 g/mol. The Morgan fingerprint density at radius 1 is 1.00 bits per heavy atom. The van der Waals surface area contributed by atoms with Gasteiger partial charge >= 0.3 is 0 Å². The van der Waals surface area contributed by atoms with E-state index in [1.165, 1.54) is 6.07 Å². The van der Waals surface area contributed by atoms with Crippen LogP contribution in [0, 0.1) is 5.82 Å². The zero-order valence-electron chi connectivity index (χ0n) is 11.6. The molecule has 0 heterocycles. The van der Waals surface area contributed by atoms with Gasteiger partial charge in [-0.25, -0.2) is 4.39 Å². The van der Waals surface area contributed by atoms with Crippen molar-refractivity contribution in [2.24, 2.45) is 0 Å². The standard InChI is InChI=1S/C16H14BrFN2O2/c17-13-7-5-11(6-8-13)16(22)20-10-15(21)19-9-12-3-1-2-4-14(12)18/h1-8H,9-10H2,(H,19,21)(H,20,22). The van der Waals surface area contributed by atoms with Gasteiger partial charge in [-0.2, -0.15) is 0 Å². The molecule has 0 aliphatic rings. The molecule has 0 aromatic heterocycles. The molecule has 0 saturated heterocycles. The predicted octanol–water partition coefficient (Wildman–Crippen LogP) is 2.63. The Hall–Kier alpha value is -2.21. The highest BCUT2D eigenvalue weighted by atomic mass is 79.9. The topological polar surface area (TPSA) is 58.2 Å². The summed E-state index contributed by atoms with van der Waals surface area (Å²) >= 11 is 3.28. The van der Waals surface area contributed by atoms with Gasteiger partial charge in [0.15, 0.2) is 0 Å². The van der Waals surface area contributed by atoms with Gasteiger partial charge in [0.05, 0.1) is 6.54 Å². The van der Waals surface area contributed by atoms with Crippen LogP contribution in [0.5, 0.6) is 0 Å². The summed E-state index contributed by atoms with van der Waals surface area (Å²) in [5.74, 6) is -1.09. The van der Waals surface area contributed by atoms with Crippen LogP contribution in [0.2, 0.25) is 0 Å². The maximum Gasteiger partial charge on any atom is 0.251 e. The lowest BCUT2D eigenvalue weighted by Gasteiger charge is -2.08. The molecule has 0 bridgehead atoms.